The predicted molar refractivity (Wildman–Crippen MR) is 287 cm³/mol. The molecule has 0 bridgehead atoms. The van der Waals surface area contributed by atoms with Gasteiger partial charge in [0.05, 0.1) is 0 Å². The molecule has 0 aliphatic carbocycles. The highest BCUT2D eigenvalue weighted by Crippen LogP contribution is 2.51. The van der Waals surface area contributed by atoms with E-state index in [1.54, 1.807) is 0 Å². The van der Waals surface area contributed by atoms with Gasteiger partial charge < -0.3 is 9.62 Å². The van der Waals surface area contributed by atoms with Crippen LogP contribution < -0.4 is 31.5 Å². The largest absolute Gasteiger partial charge is 0.376 e. The molecule has 2 nitrogen and oxygen atoms in total. The first-order valence-electron chi connectivity index (χ1n) is 22.9. The summed E-state index contributed by atoms with van der Waals surface area (Å²) in [6.07, 6.45) is 0. The lowest BCUT2D eigenvalue weighted by atomic mass is 9.42. The zero-order valence-corrected chi connectivity index (χ0v) is 37.1. The molecule has 66 heavy (non-hydrogen) atoms. The summed E-state index contributed by atoms with van der Waals surface area (Å²) in [6.45, 7) is 0.0810. The lowest BCUT2D eigenvalue weighted by Crippen LogP contribution is -2.59. The second-order valence-electron chi connectivity index (χ2n) is 18.2. The van der Waals surface area contributed by atoms with E-state index >= 15 is 0 Å². The molecule has 2 aromatic heterocycles. The van der Waals surface area contributed by atoms with Gasteiger partial charge in [0.15, 0.2) is 0 Å². The Morgan fingerprint density at radius 3 is 1.53 bits per heavy atom. The van der Waals surface area contributed by atoms with Crippen LogP contribution in [0.2, 0.25) is 0 Å². The molecule has 4 aliphatic heterocycles. The van der Waals surface area contributed by atoms with E-state index < -0.39 is 0 Å². The number of hydrogen-bond donors (Lipinski definition) is 0. The highest BCUT2D eigenvalue weighted by Gasteiger charge is 2.45. The minimum Gasteiger partial charge on any atom is -0.376 e. The third-order valence-corrected chi connectivity index (χ3v) is 17.3. The molecular weight excluding hydrogens is 834 g/mol. The monoisotopic (exact) mass is 868 g/mol. The summed E-state index contributed by atoms with van der Waals surface area (Å²) in [5.41, 5.74) is 23.5. The Hall–Kier alpha value is -7.63. The summed E-state index contributed by atoms with van der Waals surface area (Å²) in [5, 5.41) is 5.37. The van der Waals surface area contributed by atoms with Gasteiger partial charge >= 0.3 is 13.7 Å². The van der Waals surface area contributed by atoms with E-state index in [4.69, 9.17) is 0 Å². The minimum atomic E-state index is 0.0200. The summed E-state index contributed by atoms with van der Waals surface area (Å²) < 4.78 is 5.33. The van der Waals surface area contributed by atoms with Crippen LogP contribution >= 0.6 is 22.7 Å². The van der Waals surface area contributed by atoms with Gasteiger partial charge in [-0.25, -0.2) is 0 Å². The second-order valence-corrected chi connectivity index (χ2v) is 20.4. The van der Waals surface area contributed by atoms with E-state index in [2.05, 4.69) is 216 Å². The smallest absolute Gasteiger partial charge is 0.330 e. The molecule has 0 spiro atoms. The minimum absolute atomic E-state index is 0.0200. The van der Waals surface area contributed by atoms with Crippen molar-refractivity contribution >= 4 is 121 Å². The normalized spacial score (nSPS) is 13.6. The predicted octanol–water partition coefficient (Wildman–Crippen LogP) is 13.9. The molecule has 6 heterocycles. The van der Waals surface area contributed by atoms with Crippen molar-refractivity contribution in [2.24, 2.45) is 0 Å². The number of hydrogen-bond acceptors (Lipinski definition) is 4. The standard InChI is InChI=1S/C60H34B2N2S2/c1-7-19-48-37(13-1)39-15-3-9-21-51(39)63-53-23-11-5-17-41(53)45-34-58-47(33-50(45)61(48)63)46-31-35(26-29-56(46)66-58)36-25-27-42-43-28-30-57-59(44-18-6-12-24-55(44)65-57)60(43)62-49-20-8-2-14-38(49)40-16-4-10-22-52(40)64(62)54(42)32-36/h1-34H. The van der Waals surface area contributed by atoms with Gasteiger partial charge in [0.2, 0.25) is 0 Å². The molecule has 6 heteroatoms. The molecule has 302 valence electrons. The van der Waals surface area contributed by atoms with E-state index in [1.165, 1.54) is 141 Å². The topological polar surface area (TPSA) is 6.48 Å². The molecule has 0 saturated carbocycles. The Morgan fingerprint density at radius 2 is 0.788 bits per heavy atom. The molecule has 0 atom stereocenters. The number of rotatable bonds is 1. The number of anilines is 4. The van der Waals surface area contributed by atoms with Gasteiger partial charge in [0.1, 0.15) is 0 Å². The van der Waals surface area contributed by atoms with E-state index in [0.29, 0.717) is 0 Å². The quantitative estimate of drug-likeness (QED) is 0.152. The maximum Gasteiger partial charge on any atom is 0.330 e. The van der Waals surface area contributed by atoms with Crippen LogP contribution in [0.5, 0.6) is 0 Å². The number of nitrogens with zero attached hydrogens (tertiary/aromatic N) is 2. The highest BCUT2D eigenvalue weighted by atomic mass is 32.1. The number of thiophene rings is 2. The summed E-state index contributed by atoms with van der Waals surface area (Å²) in [6, 6.07) is 78.3. The molecule has 16 rings (SSSR count). The maximum absolute atomic E-state index is 2.67. The Kier molecular flexibility index (Phi) is 7.04. The maximum atomic E-state index is 2.67. The Bertz CT molecular complexity index is 4130. The van der Waals surface area contributed by atoms with Crippen LogP contribution in [0.1, 0.15) is 0 Å². The Balaban J connectivity index is 0.911. The molecule has 0 saturated heterocycles. The van der Waals surface area contributed by atoms with Gasteiger partial charge in [-0.3, -0.25) is 0 Å². The lowest BCUT2D eigenvalue weighted by Gasteiger charge is -2.43. The van der Waals surface area contributed by atoms with Gasteiger partial charge in [-0.05, 0) is 126 Å². The summed E-state index contributed by atoms with van der Waals surface area (Å²) >= 11 is 3.82. The zero-order chi connectivity index (χ0) is 42.8. The Morgan fingerprint density at radius 1 is 0.288 bits per heavy atom. The van der Waals surface area contributed by atoms with E-state index in [1.807, 2.05) is 22.7 Å². The lowest BCUT2D eigenvalue weighted by molar-refractivity contribution is 1.35. The van der Waals surface area contributed by atoms with Crippen molar-refractivity contribution in [3.8, 4) is 55.6 Å². The van der Waals surface area contributed by atoms with Crippen LogP contribution in [0.15, 0.2) is 206 Å². The Labute approximate surface area is 390 Å². The molecule has 0 fully saturated rings. The summed E-state index contributed by atoms with van der Waals surface area (Å²) in [5.74, 6) is 0. The van der Waals surface area contributed by atoms with Crippen LogP contribution in [0, 0.1) is 0 Å². The number of benzene rings is 10. The van der Waals surface area contributed by atoms with Crippen molar-refractivity contribution in [3.63, 3.8) is 0 Å². The van der Waals surface area contributed by atoms with E-state index in [9.17, 15) is 0 Å². The number of para-hydroxylation sites is 3. The van der Waals surface area contributed by atoms with Gasteiger partial charge in [-0.15, -0.1) is 22.7 Å². The van der Waals surface area contributed by atoms with Crippen molar-refractivity contribution in [2.75, 3.05) is 9.62 Å². The third kappa shape index (κ3) is 4.62. The van der Waals surface area contributed by atoms with Crippen LogP contribution in [0.4, 0.5) is 22.7 Å². The van der Waals surface area contributed by atoms with Crippen LogP contribution in [0.25, 0.3) is 96.0 Å². The van der Waals surface area contributed by atoms with Crippen molar-refractivity contribution in [1.82, 2.24) is 0 Å². The molecular formula is C60H34B2N2S2. The summed E-state index contributed by atoms with van der Waals surface area (Å²) in [4.78, 5) is 5.27. The van der Waals surface area contributed by atoms with Gasteiger partial charge in [-0.1, -0.05) is 152 Å². The van der Waals surface area contributed by atoms with Crippen molar-refractivity contribution in [2.45, 2.75) is 0 Å². The zero-order valence-electron chi connectivity index (χ0n) is 35.5. The first kappa shape index (κ1) is 35.7. The van der Waals surface area contributed by atoms with E-state index in [0.717, 1.165) is 0 Å². The van der Waals surface area contributed by atoms with Gasteiger partial charge in [-0.2, -0.15) is 0 Å². The fourth-order valence-electron chi connectivity index (χ4n) is 12.4. The highest BCUT2D eigenvalue weighted by molar-refractivity contribution is 7.26. The average Bonchev–Trinajstić information content (AvgIpc) is 3.95. The molecule has 4 aliphatic rings. The molecule has 0 N–H and O–H groups in total. The van der Waals surface area contributed by atoms with Crippen molar-refractivity contribution in [1.29, 1.82) is 0 Å². The third-order valence-electron chi connectivity index (χ3n) is 15.1. The first-order chi connectivity index (χ1) is 32.7. The van der Waals surface area contributed by atoms with Gasteiger partial charge in [0.25, 0.3) is 0 Å². The fraction of sp³-hybridized carbons (Fsp3) is 0. The molecule has 0 amide bonds. The molecule has 12 aromatic rings. The van der Waals surface area contributed by atoms with E-state index in [-0.39, 0.29) is 13.7 Å². The van der Waals surface area contributed by atoms with Crippen LogP contribution in [0.3, 0.4) is 0 Å². The molecule has 0 radical (unpaired) electrons. The summed E-state index contributed by atoms with van der Waals surface area (Å²) in [7, 11) is 0. The first-order valence-corrected chi connectivity index (χ1v) is 24.5. The SMILES string of the molecule is c1ccc2c(c1)B1c3cc4c(cc3-c3ccccc3N1c1ccccc1-2)sc1ccc(-c2ccc3c(c2)N2B(c5ccccc5-c5ccccc52)c2c-3ccc3sc5ccccc5c23)cc14. The second kappa shape index (κ2) is 13.0. The van der Waals surface area contributed by atoms with Crippen LogP contribution in [-0.2, 0) is 0 Å². The van der Waals surface area contributed by atoms with Crippen molar-refractivity contribution in [3.05, 3.63) is 206 Å². The van der Waals surface area contributed by atoms with Gasteiger partial charge in [0, 0.05) is 69.2 Å². The fourth-order valence-corrected chi connectivity index (χ4v) is 14.6. The van der Waals surface area contributed by atoms with Crippen LogP contribution in [-0.4, -0.2) is 13.7 Å². The average molecular weight is 869 g/mol. The number of fused-ring (bicyclic) bond motifs is 29. The molecule has 0 unspecified atom stereocenters. The molecule has 10 aromatic carbocycles. The van der Waals surface area contributed by atoms with Crippen molar-refractivity contribution < 1.29 is 0 Å².